The van der Waals surface area contributed by atoms with Gasteiger partial charge >= 0.3 is 6.03 Å². The number of fused-ring (bicyclic) bond motifs is 1. The first kappa shape index (κ1) is 25.0. The number of rotatable bonds is 6. The number of hydrogen-bond acceptors (Lipinski definition) is 5. The van der Waals surface area contributed by atoms with Crippen molar-refractivity contribution in [2.45, 2.75) is 71.1 Å². The van der Waals surface area contributed by atoms with Crippen LogP contribution in [0.1, 0.15) is 47.0 Å². The van der Waals surface area contributed by atoms with E-state index in [9.17, 15) is 14.4 Å². The first-order chi connectivity index (χ1) is 15.5. The summed E-state index contributed by atoms with van der Waals surface area (Å²) in [4.78, 5) is 46.9. The van der Waals surface area contributed by atoms with E-state index < -0.39 is 17.5 Å². The Balaban J connectivity index is 1.74. The second-order valence-corrected chi connectivity index (χ2v) is 10.3. The van der Waals surface area contributed by atoms with E-state index in [1.165, 1.54) is 4.90 Å². The monoisotopic (exact) mass is 458 g/mol. The van der Waals surface area contributed by atoms with Crippen molar-refractivity contribution >= 4 is 23.7 Å². The second kappa shape index (κ2) is 10.1. The fourth-order valence-corrected chi connectivity index (χ4v) is 4.84. The lowest BCUT2D eigenvalue weighted by Crippen LogP contribution is -2.60. The van der Waals surface area contributed by atoms with Gasteiger partial charge in [0, 0.05) is 19.8 Å². The molecule has 182 valence electrons. The van der Waals surface area contributed by atoms with Crippen LogP contribution in [0, 0.1) is 11.3 Å². The van der Waals surface area contributed by atoms with Crippen molar-refractivity contribution in [2.24, 2.45) is 11.3 Å². The molecule has 4 amide bonds. The number of anilines is 1. The van der Waals surface area contributed by atoms with Crippen LogP contribution >= 0.6 is 0 Å². The van der Waals surface area contributed by atoms with Crippen molar-refractivity contribution in [1.29, 1.82) is 0 Å². The first-order valence-electron chi connectivity index (χ1n) is 11.8. The van der Waals surface area contributed by atoms with Gasteiger partial charge in [-0.25, -0.2) is 9.78 Å². The zero-order valence-corrected chi connectivity index (χ0v) is 20.6. The van der Waals surface area contributed by atoms with Crippen LogP contribution in [0.25, 0.3) is 0 Å². The van der Waals surface area contributed by atoms with Crippen molar-refractivity contribution in [3.63, 3.8) is 0 Å². The van der Waals surface area contributed by atoms with Crippen molar-refractivity contribution < 1.29 is 14.4 Å². The van der Waals surface area contributed by atoms with Crippen molar-refractivity contribution in [1.82, 2.24) is 25.8 Å². The number of pyridine rings is 1. The van der Waals surface area contributed by atoms with Crippen LogP contribution in [0.4, 0.5) is 10.6 Å². The van der Waals surface area contributed by atoms with Crippen LogP contribution in [0.15, 0.2) is 24.4 Å². The molecule has 1 unspecified atom stereocenters. The number of aromatic nitrogens is 1. The average molecular weight is 459 g/mol. The maximum Gasteiger partial charge on any atom is 0.323 e. The summed E-state index contributed by atoms with van der Waals surface area (Å²) in [6.07, 6.45) is 4.36. The average Bonchev–Trinajstić information content (AvgIpc) is 3.38. The van der Waals surface area contributed by atoms with Crippen LogP contribution in [-0.2, 0) is 9.59 Å². The number of nitrogens with one attached hydrogen (secondary N) is 3. The zero-order valence-electron chi connectivity index (χ0n) is 20.6. The summed E-state index contributed by atoms with van der Waals surface area (Å²) in [7, 11) is 3.41. The Morgan fingerprint density at radius 3 is 2.52 bits per heavy atom. The fraction of sp³-hybridized carbons (Fsp3) is 0.667. The molecule has 2 fully saturated rings. The van der Waals surface area contributed by atoms with Gasteiger partial charge < -0.3 is 20.9 Å². The summed E-state index contributed by atoms with van der Waals surface area (Å²) in [6, 6.07) is 3.95. The minimum absolute atomic E-state index is 0.0675. The third kappa shape index (κ3) is 5.46. The Bertz CT molecular complexity index is 856. The van der Waals surface area contributed by atoms with Gasteiger partial charge in [0.25, 0.3) is 0 Å². The summed E-state index contributed by atoms with van der Waals surface area (Å²) in [5.41, 5.74) is -0.450. The summed E-state index contributed by atoms with van der Waals surface area (Å²) in [6.45, 7) is 8.29. The van der Waals surface area contributed by atoms with E-state index in [0.29, 0.717) is 18.3 Å². The minimum Gasteiger partial charge on any atom is -0.342 e. The fourth-order valence-electron chi connectivity index (χ4n) is 4.84. The molecule has 33 heavy (non-hydrogen) atoms. The highest BCUT2D eigenvalue weighted by Gasteiger charge is 2.49. The molecule has 0 spiro atoms. The van der Waals surface area contributed by atoms with E-state index in [2.05, 4.69) is 20.9 Å². The Morgan fingerprint density at radius 1 is 1.18 bits per heavy atom. The second-order valence-electron chi connectivity index (χ2n) is 10.3. The van der Waals surface area contributed by atoms with Crippen LogP contribution in [0.2, 0.25) is 0 Å². The molecule has 2 heterocycles. The number of urea groups is 1. The Kier molecular flexibility index (Phi) is 7.62. The highest BCUT2D eigenvalue weighted by atomic mass is 16.2. The standard InChI is InChI=1S/C24H38N6O3/c1-15(25-5)21(31)28-20(24(2,3)4)22(32)30-14-12-16-10-11-17(19(16)30)27-23(33)29(6)18-9-7-8-13-26-18/h7-9,13,15-17,19-20,25H,10-12,14H2,1-6H3,(H,27,33)(H,28,31)/t15-,16+,17-,19-,20?/m0/s1. The van der Waals surface area contributed by atoms with Gasteiger partial charge in [-0.2, -0.15) is 0 Å². The van der Waals surface area contributed by atoms with Gasteiger partial charge in [-0.05, 0) is 56.7 Å². The van der Waals surface area contributed by atoms with Gasteiger partial charge in [0.05, 0.1) is 18.1 Å². The molecule has 2 aliphatic rings. The molecule has 1 aromatic heterocycles. The third-order valence-electron chi connectivity index (χ3n) is 6.96. The zero-order chi connectivity index (χ0) is 24.3. The molecule has 5 atom stereocenters. The van der Waals surface area contributed by atoms with Gasteiger partial charge in [-0.15, -0.1) is 0 Å². The maximum atomic E-state index is 13.7. The van der Waals surface area contributed by atoms with Gasteiger partial charge in [-0.1, -0.05) is 26.8 Å². The van der Waals surface area contributed by atoms with Crippen LogP contribution in [0.5, 0.6) is 0 Å². The Labute approximate surface area is 196 Å². The van der Waals surface area contributed by atoms with Crippen molar-refractivity contribution in [2.75, 3.05) is 25.5 Å². The number of carbonyl (C=O) groups excluding carboxylic acids is 3. The molecular formula is C24H38N6O3. The Morgan fingerprint density at radius 2 is 1.91 bits per heavy atom. The van der Waals surface area contributed by atoms with E-state index in [0.717, 1.165) is 19.3 Å². The maximum absolute atomic E-state index is 13.7. The van der Waals surface area contributed by atoms with E-state index in [1.807, 2.05) is 31.7 Å². The number of amides is 4. The molecule has 9 heteroatoms. The number of hydrogen-bond donors (Lipinski definition) is 3. The largest absolute Gasteiger partial charge is 0.342 e. The van der Waals surface area contributed by atoms with Crippen LogP contribution in [0.3, 0.4) is 0 Å². The smallest absolute Gasteiger partial charge is 0.323 e. The van der Waals surface area contributed by atoms with Gasteiger partial charge in [0.1, 0.15) is 11.9 Å². The SMILES string of the molecule is CN[C@@H](C)C(=O)NC(C(=O)N1CC[C@H]2CC[C@H](NC(=O)N(C)c3ccccn3)[C@H]21)C(C)(C)C. The molecule has 9 nitrogen and oxygen atoms in total. The molecular weight excluding hydrogens is 420 g/mol. The van der Waals surface area contributed by atoms with E-state index in [4.69, 9.17) is 0 Å². The predicted octanol–water partition coefficient (Wildman–Crippen LogP) is 1.75. The topological polar surface area (TPSA) is 107 Å². The van der Waals surface area contributed by atoms with Crippen LogP contribution in [-0.4, -0.2) is 72.5 Å². The summed E-state index contributed by atoms with van der Waals surface area (Å²) in [5, 5.41) is 9.02. The first-order valence-corrected chi connectivity index (χ1v) is 11.8. The highest BCUT2D eigenvalue weighted by molar-refractivity contribution is 5.92. The van der Waals surface area contributed by atoms with E-state index in [-0.39, 0.29) is 29.9 Å². The van der Waals surface area contributed by atoms with E-state index in [1.54, 1.807) is 39.3 Å². The lowest BCUT2D eigenvalue weighted by atomic mass is 9.85. The molecule has 0 radical (unpaired) electrons. The molecule has 1 saturated carbocycles. The number of carbonyl (C=O) groups is 3. The van der Waals surface area contributed by atoms with Crippen LogP contribution < -0.4 is 20.9 Å². The summed E-state index contributed by atoms with van der Waals surface area (Å²) in [5.74, 6) is 0.644. The number of likely N-dealkylation sites (N-methyl/N-ethyl adjacent to an activating group) is 1. The minimum atomic E-state index is -0.646. The molecule has 3 rings (SSSR count). The third-order valence-corrected chi connectivity index (χ3v) is 6.96. The number of likely N-dealkylation sites (tertiary alicyclic amines) is 1. The molecule has 0 bridgehead atoms. The molecule has 0 aromatic carbocycles. The summed E-state index contributed by atoms with van der Waals surface area (Å²) < 4.78 is 0. The molecule has 3 N–H and O–H groups in total. The van der Waals surface area contributed by atoms with E-state index >= 15 is 0 Å². The van der Waals surface area contributed by atoms with Crippen molar-refractivity contribution in [3.05, 3.63) is 24.4 Å². The molecule has 1 aromatic rings. The lowest BCUT2D eigenvalue weighted by Gasteiger charge is -2.38. The molecule has 1 aliphatic heterocycles. The normalized spacial score (nSPS) is 24.1. The lowest BCUT2D eigenvalue weighted by molar-refractivity contribution is -0.141. The van der Waals surface area contributed by atoms with Gasteiger partial charge in [-0.3, -0.25) is 14.5 Å². The molecule has 1 saturated heterocycles. The van der Waals surface area contributed by atoms with Crippen molar-refractivity contribution in [3.8, 4) is 0 Å². The Hall–Kier alpha value is -2.68. The quantitative estimate of drug-likeness (QED) is 0.602. The summed E-state index contributed by atoms with van der Waals surface area (Å²) >= 11 is 0. The van der Waals surface area contributed by atoms with Gasteiger partial charge in [0.2, 0.25) is 11.8 Å². The van der Waals surface area contributed by atoms with Gasteiger partial charge in [0.15, 0.2) is 0 Å². The predicted molar refractivity (Wildman–Crippen MR) is 128 cm³/mol. The molecule has 1 aliphatic carbocycles. The number of nitrogens with zero attached hydrogens (tertiary/aromatic N) is 3. The highest BCUT2D eigenvalue weighted by Crippen LogP contribution is 2.39.